The van der Waals surface area contributed by atoms with Crippen LogP contribution in [0, 0.1) is 17.8 Å². The average Bonchev–Trinajstić information content (AvgIpc) is 2.76. The molecule has 1 aliphatic heterocycles. The molecule has 11 atom stereocenters. The monoisotopic (exact) mass is 836 g/mol. The SMILES string of the molecule is O=C1C(Br)=CC2=C(C3C(Cl)C(Cl)C(Cl)C(Cl)C3C(=O)[O-])C3CC(Br)C([O-])C(Br)C3OC2=C1Br.[Na+].[Na+]. The first-order valence-corrected chi connectivity index (χ1v) is 15.0. The van der Waals surface area contributed by atoms with Gasteiger partial charge in [-0.25, -0.2) is 0 Å². The molecule has 1 heterocycles. The Balaban J connectivity index is 0.00000216. The number of ketones is 1. The zero-order chi connectivity index (χ0) is 24.5. The molecule has 0 bridgehead atoms. The molecule has 0 radical (unpaired) electrons. The van der Waals surface area contributed by atoms with Gasteiger partial charge in [0.2, 0.25) is 5.78 Å². The second kappa shape index (κ2) is 13.5. The van der Waals surface area contributed by atoms with Crippen LogP contribution in [0.4, 0.5) is 0 Å². The smallest absolute Gasteiger partial charge is 0.850 e. The number of fused-ring (bicyclic) bond motifs is 2. The van der Waals surface area contributed by atoms with E-state index in [0.717, 1.165) is 0 Å². The van der Waals surface area contributed by atoms with Crippen LogP contribution < -0.4 is 69.3 Å². The Morgan fingerprint density at radius 1 is 1.03 bits per heavy atom. The molecule has 11 unspecified atom stereocenters. The van der Waals surface area contributed by atoms with Crippen LogP contribution in [-0.2, 0) is 14.3 Å². The molecule has 0 N–H and O–H groups in total. The van der Waals surface area contributed by atoms with E-state index in [0.29, 0.717) is 17.6 Å². The predicted molar refractivity (Wildman–Crippen MR) is 138 cm³/mol. The van der Waals surface area contributed by atoms with Gasteiger partial charge in [0.1, 0.15) is 16.3 Å². The molecule has 0 spiro atoms. The largest absolute Gasteiger partial charge is 1.00 e. The Labute approximate surface area is 300 Å². The van der Waals surface area contributed by atoms with E-state index in [1.54, 1.807) is 6.08 Å². The second-order valence-corrected chi connectivity index (χ2v) is 14.2. The van der Waals surface area contributed by atoms with Crippen molar-refractivity contribution in [2.24, 2.45) is 17.8 Å². The standard InChI is InChI=1S/C20H15Br4Cl4O5.2Na/c21-5-1-3-7(8-9(20(31)32)13(26)15(28)14(27)12(8)25)4-2-6(22)17(30)11(24)19(4)33-18(3)10(23)16(5)29;;/h1,4,6,8-9,11-15,17,19H,2H2,(H,31,32);;/q-1;2*+1/p-1. The number of hydrogen-bond acceptors (Lipinski definition) is 5. The van der Waals surface area contributed by atoms with E-state index in [4.69, 9.17) is 51.1 Å². The number of halogens is 8. The molecule has 4 rings (SSSR count). The maximum Gasteiger partial charge on any atom is 1.00 e. The van der Waals surface area contributed by atoms with Crippen LogP contribution in [0.25, 0.3) is 0 Å². The Morgan fingerprint density at radius 3 is 2.17 bits per heavy atom. The summed E-state index contributed by atoms with van der Waals surface area (Å²) in [6.07, 6.45) is 0.217. The summed E-state index contributed by atoms with van der Waals surface area (Å²) in [6, 6.07) is 0. The first kappa shape index (κ1) is 34.4. The number of allylic oxidation sites excluding steroid dienone is 3. The van der Waals surface area contributed by atoms with Crippen molar-refractivity contribution >= 4 is 122 Å². The molecule has 0 amide bonds. The molecule has 0 saturated heterocycles. The molecule has 182 valence electrons. The molecule has 0 aromatic heterocycles. The fraction of sp³-hybridized carbons (Fsp3) is 0.600. The molecule has 0 aromatic carbocycles. The van der Waals surface area contributed by atoms with Gasteiger partial charge in [0.15, 0.2) is 0 Å². The molecule has 5 nitrogen and oxygen atoms in total. The van der Waals surface area contributed by atoms with Crippen molar-refractivity contribution in [3.63, 3.8) is 0 Å². The van der Waals surface area contributed by atoms with Crippen molar-refractivity contribution in [1.29, 1.82) is 0 Å². The molecular weight excluding hydrogens is 828 g/mol. The first-order chi connectivity index (χ1) is 15.4. The van der Waals surface area contributed by atoms with Crippen molar-refractivity contribution in [1.82, 2.24) is 0 Å². The van der Waals surface area contributed by atoms with Gasteiger partial charge in [-0.15, -0.1) is 46.4 Å². The minimum absolute atomic E-state index is 0. The average molecular weight is 842 g/mol. The minimum atomic E-state index is -1.40. The summed E-state index contributed by atoms with van der Waals surface area (Å²) in [7, 11) is 0. The third-order valence-electron chi connectivity index (χ3n) is 6.57. The number of alkyl halides is 6. The van der Waals surface area contributed by atoms with E-state index in [-0.39, 0.29) is 79.6 Å². The summed E-state index contributed by atoms with van der Waals surface area (Å²) in [6.45, 7) is 0. The molecule has 3 aliphatic carbocycles. The Bertz CT molecular complexity index is 999. The van der Waals surface area contributed by atoms with Gasteiger partial charge in [-0.3, -0.25) is 4.79 Å². The molecular formula is C20H14Br4Cl4Na2O5. The van der Waals surface area contributed by atoms with Crippen LogP contribution in [0.15, 0.2) is 31.9 Å². The summed E-state index contributed by atoms with van der Waals surface area (Å²) >= 11 is 39.7. The third-order valence-corrected chi connectivity index (χ3v) is 12.4. The number of carboxylic acid groups (broad SMARTS) is 1. The summed E-state index contributed by atoms with van der Waals surface area (Å²) in [4.78, 5) is 23.9. The summed E-state index contributed by atoms with van der Waals surface area (Å²) in [5, 5.41) is 21.4. The molecule has 2 saturated carbocycles. The van der Waals surface area contributed by atoms with E-state index in [1.165, 1.54) is 0 Å². The van der Waals surface area contributed by atoms with Crippen molar-refractivity contribution in [2.45, 2.75) is 49.8 Å². The number of carboxylic acids is 1. The number of rotatable bonds is 2. The zero-order valence-electron chi connectivity index (χ0n) is 18.2. The van der Waals surface area contributed by atoms with Crippen LogP contribution in [0.2, 0.25) is 0 Å². The Kier molecular flexibility index (Phi) is 13.2. The molecule has 15 heteroatoms. The van der Waals surface area contributed by atoms with Gasteiger partial charge in [0.25, 0.3) is 0 Å². The third kappa shape index (κ3) is 6.06. The predicted octanol–water partition coefficient (Wildman–Crippen LogP) is -2.14. The van der Waals surface area contributed by atoms with Gasteiger partial charge in [-0.05, 0) is 49.9 Å². The van der Waals surface area contributed by atoms with Crippen molar-refractivity contribution in [2.75, 3.05) is 0 Å². The fourth-order valence-corrected chi connectivity index (χ4v) is 9.87. The van der Waals surface area contributed by atoms with Crippen LogP contribution in [0.3, 0.4) is 0 Å². The van der Waals surface area contributed by atoms with E-state index >= 15 is 0 Å². The number of carbonyl (C=O) groups excluding carboxylic acids is 2. The van der Waals surface area contributed by atoms with Crippen LogP contribution >= 0.6 is 110 Å². The normalized spacial score (nSPS) is 43.2. The molecule has 2 fully saturated rings. The molecule has 35 heavy (non-hydrogen) atoms. The van der Waals surface area contributed by atoms with Crippen LogP contribution in [0.1, 0.15) is 6.42 Å². The number of carbonyl (C=O) groups is 2. The maximum atomic E-state index is 12.8. The minimum Gasteiger partial charge on any atom is -0.850 e. The number of hydrogen-bond donors (Lipinski definition) is 0. The van der Waals surface area contributed by atoms with Crippen molar-refractivity contribution in [3.8, 4) is 0 Å². The van der Waals surface area contributed by atoms with E-state index < -0.39 is 67.1 Å². The van der Waals surface area contributed by atoms with E-state index in [1.807, 2.05) is 0 Å². The Hall–Kier alpha value is 3.20. The van der Waals surface area contributed by atoms with Crippen molar-refractivity contribution < 1.29 is 83.7 Å². The van der Waals surface area contributed by atoms with Gasteiger partial charge in [-0.1, -0.05) is 38.0 Å². The van der Waals surface area contributed by atoms with Crippen LogP contribution in [-0.4, -0.2) is 55.1 Å². The van der Waals surface area contributed by atoms with E-state index in [2.05, 4.69) is 63.7 Å². The topological polar surface area (TPSA) is 89.5 Å². The number of aliphatic carboxylic acids is 1. The number of ether oxygens (including phenoxy) is 1. The van der Waals surface area contributed by atoms with E-state index in [9.17, 15) is 19.8 Å². The Morgan fingerprint density at radius 2 is 1.60 bits per heavy atom. The van der Waals surface area contributed by atoms with Gasteiger partial charge in [0.05, 0.1) is 26.0 Å². The zero-order valence-corrected chi connectivity index (χ0v) is 31.6. The summed E-state index contributed by atoms with van der Waals surface area (Å²) < 4.78 is 6.61. The van der Waals surface area contributed by atoms with Crippen molar-refractivity contribution in [3.05, 3.63) is 31.9 Å². The number of Topliss-reactive ketones (excluding diaryl/α,β-unsaturated/α-hetero) is 1. The maximum absolute atomic E-state index is 12.8. The van der Waals surface area contributed by atoms with Gasteiger partial charge in [0, 0.05) is 39.0 Å². The van der Waals surface area contributed by atoms with Gasteiger partial charge >= 0.3 is 59.1 Å². The molecule has 4 aliphatic rings. The van der Waals surface area contributed by atoms with Crippen LogP contribution in [0.5, 0.6) is 0 Å². The van der Waals surface area contributed by atoms with Gasteiger partial charge in [-0.2, -0.15) is 0 Å². The summed E-state index contributed by atoms with van der Waals surface area (Å²) in [5.74, 6) is -4.09. The fourth-order valence-electron chi connectivity index (χ4n) is 5.03. The quantitative estimate of drug-likeness (QED) is 0.234. The van der Waals surface area contributed by atoms with Gasteiger partial charge < -0.3 is 19.7 Å². The summed E-state index contributed by atoms with van der Waals surface area (Å²) in [5.41, 5.74) is 1.11. The second-order valence-electron chi connectivity index (χ2n) is 8.33. The first-order valence-electron chi connectivity index (χ1n) is 9.82. The molecule has 0 aromatic rings.